The van der Waals surface area contributed by atoms with Crippen LogP contribution in [0.15, 0.2) is 0 Å². The zero-order valence-electron chi connectivity index (χ0n) is 14.9. The van der Waals surface area contributed by atoms with Crippen molar-refractivity contribution < 1.29 is 29.0 Å². The van der Waals surface area contributed by atoms with E-state index in [1.807, 2.05) is 0 Å². The highest BCUT2D eigenvalue weighted by molar-refractivity contribution is 5.82. The molecule has 0 aromatic rings. The summed E-state index contributed by atoms with van der Waals surface area (Å²) in [7, 11) is 0. The fraction of sp³-hybridized carbons (Fsp3) is 0.812. The van der Waals surface area contributed by atoms with Gasteiger partial charge in [-0.3, -0.25) is 4.79 Å². The molecular weight excluding hydrogens is 302 g/mol. The van der Waals surface area contributed by atoms with Gasteiger partial charge in [0.1, 0.15) is 23.9 Å². The predicted octanol–water partition coefficient (Wildman–Crippen LogP) is 1.95. The van der Waals surface area contributed by atoms with Crippen molar-refractivity contribution >= 4 is 17.8 Å². The first-order valence-corrected chi connectivity index (χ1v) is 7.69. The Bertz CT molecular complexity index is 419. The van der Waals surface area contributed by atoms with Crippen LogP contribution in [0.25, 0.3) is 0 Å². The molecule has 7 nitrogen and oxygen atoms in total. The first-order chi connectivity index (χ1) is 10.3. The minimum Gasteiger partial charge on any atom is -0.458 e. The van der Waals surface area contributed by atoms with Crippen molar-refractivity contribution in [3.63, 3.8) is 0 Å². The summed E-state index contributed by atoms with van der Waals surface area (Å²) in [6, 6.07) is -0.907. The van der Waals surface area contributed by atoms with Gasteiger partial charge in [0.25, 0.3) is 0 Å². The quantitative estimate of drug-likeness (QED) is 0.691. The van der Waals surface area contributed by atoms with Gasteiger partial charge in [-0.05, 0) is 54.4 Å². The summed E-state index contributed by atoms with van der Waals surface area (Å²) < 4.78 is 10.4. The Kier molecular flexibility index (Phi) is 8.23. The maximum Gasteiger partial charge on any atom is 0.408 e. The Labute approximate surface area is 137 Å². The summed E-state index contributed by atoms with van der Waals surface area (Å²) in [4.78, 5) is 35.1. The van der Waals surface area contributed by atoms with Gasteiger partial charge in [-0.2, -0.15) is 0 Å². The number of alkyl carbamates (subject to hydrolysis) is 1. The van der Waals surface area contributed by atoms with Crippen molar-refractivity contribution in [1.29, 1.82) is 0 Å². The fourth-order valence-corrected chi connectivity index (χ4v) is 1.65. The molecule has 1 unspecified atom stereocenters. The lowest BCUT2D eigenvalue weighted by Crippen LogP contribution is -2.46. The maximum absolute atomic E-state index is 12.2. The van der Waals surface area contributed by atoms with E-state index in [0.717, 1.165) is 0 Å². The third-order valence-corrected chi connectivity index (χ3v) is 2.51. The van der Waals surface area contributed by atoms with E-state index in [1.54, 1.807) is 41.5 Å². The van der Waals surface area contributed by atoms with Gasteiger partial charge in [-0.1, -0.05) is 0 Å². The zero-order chi connectivity index (χ0) is 18.3. The molecule has 0 radical (unpaired) electrons. The van der Waals surface area contributed by atoms with Crippen LogP contribution in [0.3, 0.4) is 0 Å². The highest BCUT2D eigenvalue weighted by Crippen LogP contribution is 2.13. The predicted molar refractivity (Wildman–Crippen MR) is 84.9 cm³/mol. The zero-order valence-corrected chi connectivity index (χ0v) is 14.9. The van der Waals surface area contributed by atoms with Crippen LogP contribution in [0.1, 0.15) is 60.8 Å². The third kappa shape index (κ3) is 11.6. The van der Waals surface area contributed by atoms with Crippen LogP contribution >= 0.6 is 0 Å². The van der Waals surface area contributed by atoms with E-state index in [9.17, 15) is 14.4 Å². The van der Waals surface area contributed by atoms with Gasteiger partial charge < -0.3 is 19.9 Å². The van der Waals surface area contributed by atoms with Gasteiger partial charge in [0.15, 0.2) is 5.78 Å². The minimum atomic E-state index is -0.907. The summed E-state index contributed by atoms with van der Waals surface area (Å²) in [5, 5.41) is 11.2. The van der Waals surface area contributed by atoms with Gasteiger partial charge in [-0.25, -0.2) is 9.59 Å². The molecule has 0 saturated carbocycles. The molecule has 0 spiro atoms. The normalized spacial score (nSPS) is 13.2. The molecule has 134 valence electrons. The number of amides is 1. The van der Waals surface area contributed by atoms with Crippen LogP contribution in [0, 0.1) is 0 Å². The van der Waals surface area contributed by atoms with Crippen molar-refractivity contribution in [2.45, 2.75) is 78.0 Å². The van der Waals surface area contributed by atoms with E-state index < -0.39 is 35.9 Å². The number of rotatable bonds is 7. The van der Waals surface area contributed by atoms with E-state index in [4.69, 9.17) is 14.6 Å². The third-order valence-electron chi connectivity index (χ3n) is 2.51. The van der Waals surface area contributed by atoms with E-state index in [2.05, 4.69) is 5.32 Å². The molecule has 0 fully saturated rings. The fourth-order valence-electron chi connectivity index (χ4n) is 1.65. The molecule has 0 aromatic heterocycles. The number of carbonyl (C=O) groups excluding carboxylic acids is 3. The van der Waals surface area contributed by atoms with Gasteiger partial charge >= 0.3 is 12.1 Å². The molecule has 0 heterocycles. The van der Waals surface area contributed by atoms with Gasteiger partial charge in [0.05, 0.1) is 0 Å². The Morgan fingerprint density at radius 1 is 1.00 bits per heavy atom. The summed E-state index contributed by atoms with van der Waals surface area (Å²) >= 11 is 0. The molecule has 0 aliphatic rings. The second-order valence-electron chi connectivity index (χ2n) is 7.32. The molecular formula is C16H29NO6. The molecule has 0 bridgehead atoms. The average molecular weight is 331 g/mol. The Balaban J connectivity index is 4.75. The second-order valence-corrected chi connectivity index (χ2v) is 7.32. The number of carbonyl (C=O) groups is 3. The molecule has 0 saturated heterocycles. The first-order valence-electron chi connectivity index (χ1n) is 7.69. The van der Waals surface area contributed by atoms with Gasteiger partial charge in [0, 0.05) is 6.42 Å². The number of nitrogens with one attached hydrogen (secondary N) is 1. The summed E-state index contributed by atoms with van der Waals surface area (Å²) in [6.45, 7) is 9.80. The topological polar surface area (TPSA) is 102 Å². The smallest absolute Gasteiger partial charge is 0.408 e. The van der Waals surface area contributed by atoms with Gasteiger partial charge in [0.2, 0.25) is 0 Å². The number of Topliss-reactive ketones (excluding diaryl/α,β-unsaturated/α-hetero) is 1. The maximum atomic E-state index is 12.2. The lowest BCUT2D eigenvalue weighted by atomic mass is 10.1. The van der Waals surface area contributed by atoms with E-state index in [-0.39, 0.29) is 18.6 Å². The number of hydrogen-bond acceptors (Lipinski definition) is 6. The largest absolute Gasteiger partial charge is 0.458 e. The Morgan fingerprint density at radius 2 is 1.52 bits per heavy atom. The lowest BCUT2D eigenvalue weighted by molar-refractivity contribution is -0.157. The number of aliphatic hydroxyl groups is 1. The number of aliphatic hydroxyl groups excluding tert-OH is 1. The molecule has 7 heteroatoms. The van der Waals surface area contributed by atoms with Crippen molar-refractivity contribution in [2.75, 3.05) is 6.61 Å². The Hall–Kier alpha value is -1.63. The number of esters is 1. The molecule has 1 amide bonds. The van der Waals surface area contributed by atoms with Crippen LogP contribution in [0.5, 0.6) is 0 Å². The van der Waals surface area contributed by atoms with Crippen molar-refractivity contribution in [3.05, 3.63) is 0 Å². The second kappa shape index (κ2) is 8.86. The van der Waals surface area contributed by atoms with E-state index >= 15 is 0 Å². The van der Waals surface area contributed by atoms with Gasteiger partial charge in [-0.15, -0.1) is 0 Å². The monoisotopic (exact) mass is 331 g/mol. The van der Waals surface area contributed by atoms with E-state index in [1.165, 1.54) is 0 Å². The molecule has 2 N–H and O–H groups in total. The standard InChI is InChI=1S/C16H29NO6/c1-15(2,3)22-13(20)12(9-7-8-11(19)10-18)17-14(21)23-16(4,5)6/h12,18H,7-10H2,1-6H3,(H,17,21). The summed E-state index contributed by atoms with van der Waals surface area (Å²) in [5.74, 6) is -0.898. The Morgan fingerprint density at radius 3 is 1.96 bits per heavy atom. The van der Waals surface area contributed by atoms with E-state index in [0.29, 0.717) is 6.42 Å². The lowest BCUT2D eigenvalue weighted by Gasteiger charge is -2.26. The number of hydrogen-bond donors (Lipinski definition) is 2. The van der Waals surface area contributed by atoms with Crippen LogP contribution < -0.4 is 5.32 Å². The molecule has 23 heavy (non-hydrogen) atoms. The van der Waals surface area contributed by atoms with Crippen molar-refractivity contribution in [2.24, 2.45) is 0 Å². The molecule has 0 aliphatic heterocycles. The SMILES string of the molecule is CC(C)(C)OC(=O)NC(CCCC(=O)CO)C(=O)OC(C)(C)C. The van der Waals surface area contributed by atoms with Crippen LogP contribution in [0.2, 0.25) is 0 Å². The molecule has 1 atom stereocenters. The molecule has 0 rings (SSSR count). The molecule has 0 aliphatic carbocycles. The number of ketones is 1. The van der Waals surface area contributed by atoms with Crippen molar-refractivity contribution in [1.82, 2.24) is 5.32 Å². The first kappa shape index (κ1) is 21.4. The minimum absolute atomic E-state index is 0.131. The summed E-state index contributed by atoms with van der Waals surface area (Å²) in [6.07, 6.45) is -0.0213. The summed E-state index contributed by atoms with van der Waals surface area (Å²) in [5.41, 5.74) is -1.37. The molecule has 0 aromatic carbocycles. The number of ether oxygens (including phenoxy) is 2. The average Bonchev–Trinajstić information content (AvgIpc) is 2.32. The van der Waals surface area contributed by atoms with Crippen LogP contribution in [-0.4, -0.2) is 46.8 Å². The highest BCUT2D eigenvalue weighted by Gasteiger charge is 2.28. The van der Waals surface area contributed by atoms with Crippen LogP contribution in [0.4, 0.5) is 4.79 Å². The van der Waals surface area contributed by atoms with Crippen molar-refractivity contribution in [3.8, 4) is 0 Å². The highest BCUT2D eigenvalue weighted by atomic mass is 16.6. The van der Waals surface area contributed by atoms with Crippen LogP contribution in [-0.2, 0) is 19.1 Å².